The molecule has 1 aliphatic rings. The van der Waals surface area contributed by atoms with Gasteiger partial charge >= 0.3 is 0 Å². The van der Waals surface area contributed by atoms with Gasteiger partial charge in [0.1, 0.15) is 6.61 Å². The number of morpholine rings is 1. The van der Waals surface area contributed by atoms with Crippen LogP contribution in [0.25, 0.3) is 0 Å². The molecule has 0 aromatic heterocycles. The van der Waals surface area contributed by atoms with Crippen molar-refractivity contribution in [2.75, 3.05) is 32.5 Å². The summed E-state index contributed by atoms with van der Waals surface area (Å²) in [7, 11) is -1.52. The Hall–Kier alpha value is -0.660. The van der Waals surface area contributed by atoms with Gasteiger partial charge in [0.15, 0.2) is 0 Å². The van der Waals surface area contributed by atoms with Crippen LogP contribution in [0.3, 0.4) is 0 Å². The van der Waals surface area contributed by atoms with Crippen LogP contribution in [0.2, 0.25) is 0 Å². The van der Waals surface area contributed by atoms with Crippen LogP contribution in [-0.4, -0.2) is 57.8 Å². The lowest BCUT2D eigenvalue weighted by Gasteiger charge is -2.29. The lowest BCUT2D eigenvalue weighted by atomic mass is 10.3. The van der Waals surface area contributed by atoms with Gasteiger partial charge in [0.2, 0.25) is 15.9 Å². The van der Waals surface area contributed by atoms with E-state index in [1.54, 1.807) is 11.9 Å². The number of nitrogens with one attached hydrogen (secondary N) is 1. The Bertz CT molecular complexity index is 355. The smallest absolute Gasteiger partial charge is 0.248 e. The van der Waals surface area contributed by atoms with Crippen molar-refractivity contribution in [1.82, 2.24) is 9.62 Å². The second-order valence-corrected chi connectivity index (χ2v) is 6.15. The predicted octanol–water partition coefficient (Wildman–Crippen LogP) is -0.437. The first kappa shape index (κ1) is 14.4. The number of rotatable bonds is 6. The second-order valence-electron chi connectivity index (χ2n) is 4.23. The summed E-state index contributed by atoms with van der Waals surface area (Å²) in [5, 5.41) is 0. The lowest BCUT2D eigenvalue weighted by molar-refractivity contribution is -0.146. The van der Waals surface area contributed by atoms with E-state index in [4.69, 9.17) is 4.74 Å². The minimum absolute atomic E-state index is 0.0256. The Morgan fingerprint density at radius 1 is 1.53 bits per heavy atom. The van der Waals surface area contributed by atoms with Crippen molar-refractivity contribution >= 4 is 15.9 Å². The van der Waals surface area contributed by atoms with E-state index in [0.29, 0.717) is 13.0 Å². The molecule has 6 nitrogen and oxygen atoms in total. The number of carbonyl (C=O) groups is 1. The number of sulfonamides is 1. The number of unbranched alkanes of at least 4 members (excludes halogenated alkanes) is 1. The largest absolute Gasteiger partial charge is 0.365 e. The Morgan fingerprint density at radius 3 is 2.82 bits per heavy atom. The van der Waals surface area contributed by atoms with Gasteiger partial charge in [-0.2, -0.15) is 0 Å². The average Bonchev–Trinajstić information content (AvgIpc) is 2.28. The molecule has 0 aliphatic carbocycles. The average molecular weight is 264 g/mol. The van der Waals surface area contributed by atoms with Gasteiger partial charge in [0.05, 0.1) is 11.9 Å². The molecule has 0 aromatic rings. The normalized spacial score (nSPS) is 21.9. The molecule has 1 fully saturated rings. The molecule has 0 radical (unpaired) electrons. The van der Waals surface area contributed by atoms with Crippen LogP contribution in [-0.2, 0) is 19.6 Å². The molecule has 100 valence electrons. The third-order valence-electron chi connectivity index (χ3n) is 2.64. The lowest BCUT2D eigenvalue weighted by Crippen LogP contribution is -2.48. The van der Waals surface area contributed by atoms with Gasteiger partial charge in [-0.1, -0.05) is 13.3 Å². The fourth-order valence-corrected chi connectivity index (χ4v) is 2.76. The number of ether oxygens (including phenoxy) is 1. The SMILES string of the molecule is CCCCS(=O)(=O)NCC1CN(C)C(=O)CO1. The van der Waals surface area contributed by atoms with Gasteiger partial charge in [-0.25, -0.2) is 13.1 Å². The predicted molar refractivity (Wildman–Crippen MR) is 64.1 cm³/mol. The minimum atomic E-state index is -3.21. The fourth-order valence-electron chi connectivity index (χ4n) is 1.51. The Labute approximate surface area is 102 Å². The summed E-state index contributed by atoms with van der Waals surface area (Å²) >= 11 is 0. The minimum Gasteiger partial charge on any atom is -0.365 e. The molecule has 1 atom stereocenters. The standard InChI is InChI=1S/C10H20N2O4S/c1-3-4-5-17(14,15)11-6-9-7-12(2)10(13)8-16-9/h9,11H,3-8H2,1-2H3. The molecule has 0 bridgehead atoms. The Balaban J connectivity index is 2.33. The summed E-state index contributed by atoms with van der Waals surface area (Å²) in [5.41, 5.74) is 0. The van der Waals surface area contributed by atoms with Crippen molar-refractivity contribution in [3.05, 3.63) is 0 Å². The van der Waals surface area contributed by atoms with Crippen LogP contribution in [0, 0.1) is 0 Å². The molecular weight excluding hydrogens is 244 g/mol. The van der Waals surface area contributed by atoms with E-state index in [-0.39, 0.29) is 30.9 Å². The summed E-state index contributed by atoms with van der Waals surface area (Å²) in [6.07, 6.45) is 1.24. The van der Waals surface area contributed by atoms with E-state index in [2.05, 4.69) is 4.72 Å². The third-order valence-corrected chi connectivity index (χ3v) is 4.08. The van der Waals surface area contributed by atoms with Crippen molar-refractivity contribution in [3.63, 3.8) is 0 Å². The van der Waals surface area contributed by atoms with E-state index >= 15 is 0 Å². The van der Waals surface area contributed by atoms with Gasteiger partial charge in [-0.15, -0.1) is 0 Å². The number of likely N-dealkylation sites (N-methyl/N-ethyl adjacent to an activating group) is 1. The van der Waals surface area contributed by atoms with Crippen molar-refractivity contribution in [2.24, 2.45) is 0 Å². The molecular formula is C10H20N2O4S. The third kappa shape index (κ3) is 5.01. The molecule has 1 unspecified atom stereocenters. The zero-order valence-corrected chi connectivity index (χ0v) is 11.1. The van der Waals surface area contributed by atoms with Crippen LogP contribution in [0.4, 0.5) is 0 Å². The van der Waals surface area contributed by atoms with Crippen LogP contribution < -0.4 is 4.72 Å². The molecule has 0 aromatic carbocycles. The highest BCUT2D eigenvalue weighted by atomic mass is 32.2. The molecule has 1 N–H and O–H groups in total. The molecule has 7 heteroatoms. The molecule has 0 spiro atoms. The van der Waals surface area contributed by atoms with Gasteiger partial charge in [-0.3, -0.25) is 4.79 Å². The zero-order valence-electron chi connectivity index (χ0n) is 10.3. The number of hydrogen-bond acceptors (Lipinski definition) is 4. The maximum atomic E-state index is 11.5. The maximum absolute atomic E-state index is 11.5. The number of amides is 1. The van der Waals surface area contributed by atoms with Crippen molar-refractivity contribution in [2.45, 2.75) is 25.9 Å². The van der Waals surface area contributed by atoms with Crippen LogP contribution >= 0.6 is 0 Å². The first-order chi connectivity index (χ1) is 7.94. The number of carbonyl (C=O) groups excluding carboxylic acids is 1. The summed E-state index contributed by atoms with van der Waals surface area (Å²) in [6.45, 7) is 2.62. The van der Waals surface area contributed by atoms with Crippen molar-refractivity contribution in [3.8, 4) is 0 Å². The molecule has 1 saturated heterocycles. The highest BCUT2D eigenvalue weighted by molar-refractivity contribution is 7.89. The van der Waals surface area contributed by atoms with Crippen LogP contribution in [0.15, 0.2) is 0 Å². The van der Waals surface area contributed by atoms with Gasteiger partial charge in [0.25, 0.3) is 0 Å². The Morgan fingerprint density at radius 2 is 2.24 bits per heavy atom. The Kier molecular flexibility index (Phi) is 5.35. The van der Waals surface area contributed by atoms with Gasteiger partial charge < -0.3 is 9.64 Å². The fraction of sp³-hybridized carbons (Fsp3) is 0.900. The van der Waals surface area contributed by atoms with E-state index in [0.717, 1.165) is 6.42 Å². The van der Waals surface area contributed by atoms with Gasteiger partial charge in [0, 0.05) is 20.1 Å². The molecule has 1 rings (SSSR count). The molecule has 1 aliphatic heterocycles. The van der Waals surface area contributed by atoms with Crippen molar-refractivity contribution < 1.29 is 17.9 Å². The maximum Gasteiger partial charge on any atom is 0.248 e. The molecule has 0 saturated carbocycles. The molecule has 1 heterocycles. The summed E-state index contributed by atoms with van der Waals surface area (Å²) < 4.78 is 30.8. The molecule has 1 amide bonds. The number of nitrogens with zero attached hydrogens (tertiary/aromatic N) is 1. The first-order valence-corrected chi connectivity index (χ1v) is 7.42. The van der Waals surface area contributed by atoms with E-state index in [9.17, 15) is 13.2 Å². The number of hydrogen-bond donors (Lipinski definition) is 1. The highest BCUT2D eigenvalue weighted by Gasteiger charge is 2.24. The van der Waals surface area contributed by atoms with Crippen LogP contribution in [0.5, 0.6) is 0 Å². The zero-order chi connectivity index (χ0) is 12.9. The second kappa shape index (κ2) is 6.32. The van der Waals surface area contributed by atoms with E-state index in [1.807, 2.05) is 6.92 Å². The highest BCUT2D eigenvalue weighted by Crippen LogP contribution is 2.04. The topological polar surface area (TPSA) is 75.7 Å². The molecule has 17 heavy (non-hydrogen) atoms. The first-order valence-electron chi connectivity index (χ1n) is 5.77. The van der Waals surface area contributed by atoms with E-state index in [1.165, 1.54) is 0 Å². The summed E-state index contributed by atoms with van der Waals surface area (Å²) in [5.74, 6) is 0.0698. The van der Waals surface area contributed by atoms with Crippen LogP contribution in [0.1, 0.15) is 19.8 Å². The van der Waals surface area contributed by atoms with Crippen molar-refractivity contribution in [1.29, 1.82) is 0 Å². The quantitative estimate of drug-likeness (QED) is 0.706. The van der Waals surface area contributed by atoms with E-state index < -0.39 is 10.0 Å². The summed E-state index contributed by atoms with van der Waals surface area (Å²) in [6, 6.07) is 0. The monoisotopic (exact) mass is 264 g/mol. The summed E-state index contributed by atoms with van der Waals surface area (Å²) in [4.78, 5) is 12.7. The van der Waals surface area contributed by atoms with Gasteiger partial charge in [-0.05, 0) is 6.42 Å².